The van der Waals surface area contributed by atoms with Gasteiger partial charge < -0.3 is 14.2 Å². The van der Waals surface area contributed by atoms with E-state index >= 15 is 0 Å². The minimum absolute atomic E-state index is 0.0651. The van der Waals surface area contributed by atoms with Crippen LogP contribution in [0.1, 0.15) is 28.5 Å². The average molecular weight is 470 g/mol. The third kappa shape index (κ3) is 5.62. The van der Waals surface area contributed by atoms with Gasteiger partial charge in [-0.05, 0) is 67.4 Å². The number of nitrogens with zero attached hydrogens (tertiary/aromatic N) is 1. The third-order valence-electron chi connectivity index (χ3n) is 4.99. The molecular weight excluding hydrogens is 446 g/mol. The maximum atomic E-state index is 13.3. The fraction of sp³-hybridized carbons (Fsp3) is 0.240. The van der Waals surface area contributed by atoms with Crippen LogP contribution in [-0.4, -0.2) is 42.7 Å². The molecule has 0 aliphatic heterocycles. The number of benzene rings is 2. The molecule has 0 bridgehead atoms. The van der Waals surface area contributed by atoms with Crippen LogP contribution in [-0.2, 0) is 25.5 Å². The summed E-state index contributed by atoms with van der Waals surface area (Å²) in [6.45, 7) is 6.68. The molecule has 2 aromatic carbocycles. The minimum Gasteiger partial charge on any atom is -0.497 e. The zero-order valence-electron chi connectivity index (χ0n) is 18.6. The molecule has 172 valence electrons. The van der Waals surface area contributed by atoms with E-state index < -0.39 is 18.5 Å². The Morgan fingerprint density at radius 2 is 1.67 bits per heavy atom. The maximum absolute atomic E-state index is 13.3. The number of methoxy groups -OCH3 is 1. The van der Waals surface area contributed by atoms with E-state index in [1.165, 1.54) is 7.11 Å². The van der Waals surface area contributed by atoms with E-state index in [9.17, 15) is 14.4 Å². The molecule has 0 saturated heterocycles. The molecule has 0 radical (unpaired) electrons. The molecule has 3 rings (SSSR count). The molecule has 8 heteroatoms. The predicted molar refractivity (Wildman–Crippen MR) is 125 cm³/mol. The van der Waals surface area contributed by atoms with Crippen molar-refractivity contribution in [1.82, 2.24) is 4.57 Å². The largest absolute Gasteiger partial charge is 0.497 e. The third-order valence-corrected chi connectivity index (χ3v) is 5.24. The van der Waals surface area contributed by atoms with E-state index in [2.05, 4.69) is 6.58 Å². The van der Waals surface area contributed by atoms with Crippen LogP contribution in [0.25, 0.3) is 10.9 Å². The number of carbonyl (C=O) groups excluding carboxylic acids is 3. The number of esters is 2. The minimum atomic E-state index is -0.662. The molecule has 1 heterocycles. The van der Waals surface area contributed by atoms with Crippen LogP contribution in [0.15, 0.2) is 54.6 Å². The fourth-order valence-corrected chi connectivity index (χ4v) is 3.50. The Balaban J connectivity index is 1.91. The van der Waals surface area contributed by atoms with Gasteiger partial charge in [0.15, 0.2) is 6.61 Å². The molecule has 0 aliphatic carbocycles. The Morgan fingerprint density at radius 1 is 1.00 bits per heavy atom. The van der Waals surface area contributed by atoms with E-state index in [0.717, 1.165) is 0 Å². The van der Waals surface area contributed by atoms with Crippen LogP contribution in [0, 0.1) is 6.92 Å². The first-order valence-electron chi connectivity index (χ1n) is 10.1. The Morgan fingerprint density at radius 3 is 2.30 bits per heavy atom. The number of halogens is 1. The quantitative estimate of drug-likeness (QED) is 0.356. The summed E-state index contributed by atoms with van der Waals surface area (Å²) in [5, 5.41) is 1.20. The van der Waals surface area contributed by atoms with Gasteiger partial charge in [0.1, 0.15) is 12.4 Å². The van der Waals surface area contributed by atoms with Gasteiger partial charge >= 0.3 is 11.9 Å². The lowest BCUT2D eigenvalue weighted by molar-refractivity contribution is -0.157. The van der Waals surface area contributed by atoms with Crippen molar-refractivity contribution in [3.05, 3.63) is 76.5 Å². The van der Waals surface area contributed by atoms with Gasteiger partial charge in [-0.15, -0.1) is 0 Å². The van der Waals surface area contributed by atoms with Gasteiger partial charge in [0.2, 0.25) is 0 Å². The average Bonchev–Trinajstić information content (AvgIpc) is 3.06. The van der Waals surface area contributed by atoms with E-state index in [-0.39, 0.29) is 18.9 Å². The smallest absolute Gasteiger partial charge is 0.344 e. The van der Waals surface area contributed by atoms with Gasteiger partial charge in [-0.25, -0.2) is 4.79 Å². The molecule has 1 aromatic heterocycles. The topological polar surface area (TPSA) is 83.8 Å². The van der Waals surface area contributed by atoms with Crippen LogP contribution in [0.5, 0.6) is 5.75 Å². The number of ether oxygens (including phenoxy) is 3. The highest BCUT2D eigenvalue weighted by atomic mass is 35.5. The summed E-state index contributed by atoms with van der Waals surface area (Å²) >= 11 is 5.95. The molecule has 0 atom stereocenters. The van der Waals surface area contributed by atoms with E-state index in [1.807, 2.05) is 0 Å². The lowest BCUT2D eigenvalue weighted by Gasteiger charge is -2.08. The Bertz CT molecular complexity index is 1230. The molecule has 0 amide bonds. The molecule has 0 aliphatic rings. The highest BCUT2D eigenvalue weighted by molar-refractivity contribution is 6.30. The number of aromatic nitrogens is 1. The summed E-state index contributed by atoms with van der Waals surface area (Å²) in [7, 11) is 1.54. The van der Waals surface area contributed by atoms with Crippen molar-refractivity contribution in [1.29, 1.82) is 0 Å². The van der Waals surface area contributed by atoms with E-state index in [0.29, 0.717) is 44.1 Å². The number of carbonyl (C=O) groups is 3. The van der Waals surface area contributed by atoms with Crippen molar-refractivity contribution in [2.24, 2.45) is 0 Å². The summed E-state index contributed by atoms with van der Waals surface area (Å²) in [6, 6.07) is 11.8. The van der Waals surface area contributed by atoms with Gasteiger partial charge in [-0.3, -0.25) is 14.2 Å². The highest BCUT2D eigenvalue weighted by Gasteiger charge is 2.23. The Labute approximate surface area is 196 Å². The van der Waals surface area contributed by atoms with Crippen molar-refractivity contribution >= 4 is 40.3 Å². The number of fused-ring (bicyclic) bond motifs is 1. The fourth-order valence-electron chi connectivity index (χ4n) is 3.38. The van der Waals surface area contributed by atoms with Crippen molar-refractivity contribution < 1.29 is 28.6 Å². The lowest BCUT2D eigenvalue weighted by Crippen LogP contribution is -2.19. The second kappa shape index (κ2) is 10.4. The molecule has 7 nitrogen and oxygen atoms in total. The van der Waals surface area contributed by atoms with Gasteiger partial charge in [0.05, 0.1) is 19.0 Å². The first-order chi connectivity index (χ1) is 15.7. The summed E-state index contributed by atoms with van der Waals surface area (Å²) in [5.41, 5.74) is 2.94. The second-order valence-corrected chi connectivity index (χ2v) is 7.99. The van der Waals surface area contributed by atoms with Crippen molar-refractivity contribution in [2.45, 2.75) is 20.3 Å². The monoisotopic (exact) mass is 469 g/mol. The van der Waals surface area contributed by atoms with Gasteiger partial charge in [-0.1, -0.05) is 18.2 Å². The first kappa shape index (κ1) is 24.1. The van der Waals surface area contributed by atoms with Crippen LogP contribution in [0.2, 0.25) is 5.02 Å². The van der Waals surface area contributed by atoms with Crippen LogP contribution in [0.4, 0.5) is 0 Å². The van der Waals surface area contributed by atoms with Crippen LogP contribution >= 0.6 is 11.6 Å². The van der Waals surface area contributed by atoms with Gasteiger partial charge in [-0.2, -0.15) is 0 Å². The SMILES string of the molecule is C=C(C)COC(=O)COC(=O)Cc1c(C)n(C(=O)c2ccc(Cl)cc2)c2ccc(OC)cc12. The normalized spacial score (nSPS) is 10.7. The number of hydrogen-bond donors (Lipinski definition) is 0. The van der Waals surface area contributed by atoms with E-state index in [1.54, 1.807) is 60.9 Å². The summed E-state index contributed by atoms with van der Waals surface area (Å²) in [6.07, 6.45) is -0.135. The van der Waals surface area contributed by atoms with Gasteiger partial charge in [0.25, 0.3) is 5.91 Å². The highest BCUT2D eigenvalue weighted by Crippen LogP contribution is 2.31. The molecule has 0 fully saturated rings. The molecule has 0 N–H and O–H groups in total. The molecule has 0 saturated carbocycles. The zero-order valence-corrected chi connectivity index (χ0v) is 19.4. The lowest BCUT2D eigenvalue weighted by atomic mass is 10.1. The second-order valence-electron chi connectivity index (χ2n) is 7.55. The van der Waals surface area contributed by atoms with Crippen molar-refractivity contribution in [2.75, 3.05) is 20.3 Å². The van der Waals surface area contributed by atoms with E-state index in [4.69, 9.17) is 25.8 Å². The number of rotatable bonds is 8. The molecule has 33 heavy (non-hydrogen) atoms. The standard InChI is InChI=1S/C25H24ClNO6/c1-15(2)13-32-24(29)14-33-23(28)12-20-16(3)27(22-10-9-19(31-4)11-21(20)22)25(30)17-5-7-18(26)8-6-17/h5-11H,1,12-14H2,2-4H3. The Kier molecular flexibility index (Phi) is 7.55. The zero-order chi connectivity index (χ0) is 24.1. The molecule has 0 unspecified atom stereocenters. The predicted octanol–water partition coefficient (Wildman–Crippen LogP) is 4.51. The summed E-state index contributed by atoms with van der Waals surface area (Å²) in [5.74, 6) is -0.963. The summed E-state index contributed by atoms with van der Waals surface area (Å²) < 4.78 is 16.9. The molecule has 3 aromatic rings. The number of hydrogen-bond acceptors (Lipinski definition) is 6. The molecule has 0 spiro atoms. The van der Waals surface area contributed by atoms with Crippen molar-refractivity contribution in [3.63, 3.8) is 0 Å². The van der Waals surface area contributed by atoms with Gasteiger partial charge in [0, 0.05) is 21.7 Å². The van der Waals surface area contributed by atoms with Crippen LogP contribution in [0.3, 0.4) is 0 Å². The summed E-state index contributed by atoms with van der Waals surface area (Å²) in [4.78, 5) is 37.5. The maximum Gasteiger partial charge on any atom is 0.344 e. The van der Waals surface area contributed by atoms with Crippen molar-refractivity contribution in [3.8, 4) is 5.75 Å². The van der Waals surface area contributed by atoms with Crippen LogP contribution < -0.4 is 4.74 Å². The molecular formula is C25H24ClNO6. The Hall–Kier alpha value is -3.58. The first-order valence-corrected chi connectivity index (χ1v) is 10.5.